The van der Waals surface area contributed by atoms with Crippen molar-refractivity contribution in [3.05, 3.63) is 28.8 Å². The molecule has 1 rings (SSSR count). The van der Waals surface area contributed by atoms with Crippen LogP contribution in [0.15, 0.2) is 18.2 Å². The zero-order valence-electron chi connectivity index (χ0n) is 13.2. The molecule has 0 fully saturated rings. The molecule has 0 aliphatic carbocycles. The summed E-state index contributed by atoms with van der Waals surface area (Å²) in [5.74, 6) is 1.07. The number of ether oxygens (including phenoxy) is 2. The van der Waals surface area contributed by atoms with Gasteiger partial charge in [-0.3, -0.25) is 0 Å². The number of carbonyl (C=O) groups is 1. The lowest BCUT2D eigenvalue weighted by Gasteiger charge is -2.09. The highest BCUT2D eigenvalue weighted by molar-refractivity contribution is 6.30. The monoisotopic (exact) mass is 312 g/mol. The Bertz CT molecular complexity index is 444. The van der Waals surface area contributed by atoms with Gasteiger partial charge in [0.05, 0.1) is 6.61 Å². The molecule has 0 saturated heterocycles. The SMILES string of the molecule is Cc1cc(Cl)ccc1OCC(=O)OCCCCCC(C)C. The maximum absolute atomic E-state index is 11.6. The normalized spacial score (nSPS) is 10.7. The molecule has 1 aromatic carbocycles. The number of aryl methyl sites for hydroxylation is 1. The third kappa shape index (κ3) is 7.96. The molecule has 3 nitrogen and oxygen atoms in total. The minimum Gasteiger partial charge on any atom is -0.482 e. The Hall–Kier alpha value is -1.22. The summed E-state index contributed by atoms with van der Waals surface area (Å²) in [5.41, 5.74) is 0.906. The predicted octanol–water partition coefficient (Wildman–Crippen LogP) is 4.79. The van der Waals surface area contributed by atoms with Crippen LogP contribution in [0.3, 0.4) is 0 Å². The van der Waals surface area contributed by atoms with E-state index in [1.54, 1.807) is 18.2 Å². The van der Waals surface area contributed by atoms with E-state index >= 15 is 0 Å². The van der Waals surface area contributed by atoms with Crippen LogP contribution in [0.4, 0.5) is 0 Å². The molecule has 0 aromatic heterocycles. The van der Waals surface area contributed by atoms with Crippen molar-refractivity contribution in [1.82, 2.24) is 0 Å². The second kappa shape index (κ2) is 9.67. The summed E-state index contributed by atoms with van der Waals surface area (Å²) in [6.07, 6.45) is 4.43. The maximum atomic E-state index is 11.6. The molecule has 0 saturated carbocycles. The summed E-state index contributed by atoms with van der Waals surface area (Å²) in [4.78, 5) is 11.6. The first-order valence-corrected chi connectivity index (χ1v) is 7.91. The van der Waals surface area contributed by atoms with Crippen LogP contribution in [0.1, 0.15) is 45.1 Å². The number of rotatable bonds is 9. The minimum absolute atomic E-state index is 0.0610. The number of carbonyl (C=O) groups excluding carboxylic acids is 1. The molecule has 0 aliphatic heterocycles. The Morgan fingerprint density at radius 2 is 2.00 bits per heavy atom. The van der Waals surface area contributed by atoms with E-state index in [4.69, 9.17) is 21.1 Å². The third-order valence-corrected chi connectivity index (χ3v) is 3.41. The zero-order valence-corrected chi connectivity index (χ0v) is 13.9. The van der Waals surface area contributed by atoms with Crippen LogP contribution in [-0.2, 0) is 9.53 Å². The first-order chi connectivity index (χ1) is 9.99. The van der Waals surface area contributed by atoms with Gasteiger partial charge in [-0.1, -0.05) is 44.7 Å². The molecule has 0 N–H and O–H groups in total. The van der Waals surface area contributed by atoms with Gasteiger partial charge in [-0.05, 0) is 43.0 Å². The number of benzene rings is 1. The predicted molar refractivity (Wildman–Crippen MR) is 85.9 cm³/mol. The highest BCUT2D eigenvalue weighted by Gasteiger charge is 2.06. The molecule has 0 amide bonds. The number of hydrogen-bond acceptors (Lipinski definition) is 3. The lowest BCUT2D eigenvalue weighted by molar-refractivity contribution is -0.146. The van der Waals surface area contributed by atoms with Crippen molar-refractivity contribution in [1.29, 1.82) is 0 Å². The molecule has 0 heterocycles. The van der Waals surface area contributed by atoms with Crippen LogP contribution in [0, 0.1) is 12.8 Å². The molecule has 0 bridgehead atoms. The van der Waals surface area contributed by atoms with Gasteiger partial charge >= 0.3 is 5.97 Å². The summed E-state index contributed by atoms with van der Waals surface area (Å²) in [6.45, 7) is 6.74. The first-order valence-electron chi connectivity index (χ1n) is 7.53. The molecule has 0 atom stereocenters. The number of unbranched alkanes of at least 4 members (excludes halogenated alkanes) is 2. The lowest BCUT2D eigenvalue weighted by Crippen LogP contribution is -2.15. The van der Waals surface area contributed by atoms with Crippen molar-refractivity contribution < 1.29 is 14.3 Å². The third-order valence-electron chi connectivity index (χ3n) is 3.17. The highest BCUT2D eigenvalue weighted by atomic mass is 35.5. The van der Waals surface area contributed by atoms with Gasteiger partial charge in [0.25, 0.3) is 0 Å². The van der Waals surface area contributed by atoms with E-state index in [0.29, 0.717) is 17.4 Å². The molecular weight excluding hydrogens is 288 g/mol. The number of halogens is 1. The Morgan fingerprint density at radius 1 is 1.24 bits per heavy atom. The van der Waals surface area contributed by atoms with Gasteiger partial charge in [0.2, 0.25) is 0 Å². The lowest BCUT2D eigenvalue weighted by atomic mass is 10.1. The van der Waals surface area contributed by atoms with Gasteiger partial charge in [-0.25, -0.2) is 4.79 Å². The number of esters is 1. The fourth-order valence-corrected chi connectivity index (χ4v) is 2.20. The van der Waals surface area contributed by atoms with Crippen LogP contribution >= 0.6 is 11.6 Å². The molecule has 21 heavy (non-hydrogen) atoms. The van der Waals surface area contributed by atoms with Crippen molar-refractivity contribution in [3.8, 4) is 5.75 Å². The van der Waals surface area contributed by atoms with Crippen LogP contribution in [-0.4, -0.2) is 19.2 Å². The van der Waals surface area contributed by atoms with Gasteiger partial charge in [0, 0.05) is 5.02 Å². The summed E-state index contributed by atoms with van der Waals surface area (Å²) >= 11 is 5.86. The van der Waals surface area contributed by atoms with Crippen molar-refractivity contribution in [2.45, 2.75) is 46.5 Å². The Labute approximate surface area is 132 Å². The van der Waals surface area contributed by atoms with Crippen molar-refractivity contribution in [3.63, 3.8) is 0 Å². The molecule has 1 aromatic rings. The standard InChI is InChI=1S/C17H25ClO3/c1-13(2)7-5-4-6-10-20-17(19)12-21-16-9-8-15(18)11-14(16)3/h8-9,11,13H,4-7,10,12H2,1-3H3. The number of hydrogen-bond donors (Lipinski definition) is 0. The fourth-order valence-electron chi connectivity index (χ4n) is 1.97. The minimum atomic E-state index is -0.326. The van der Waals surface area contributed by atoms with Gasteiger partial charge in [-0.15, -0.1) is 0 Å². The van der Waals surface area contributed by atoms with E-state index in [-0.39, 0.29) is 12.6 Å². The zero-order chi connectivity index (χ0) is 15.7. The Balaban J connectivity index is 2.14. The molecule has 0 unspecified atom stereocenters. The van der Waals surface area contributed by atoms with Gasteiger partial charge in [0.15, 0.2) is 6.61 Å². The summed E-state index contributed by atoms with van der Waals surface area (Å²) in [7, 11) is 0. The van der Waals surface area contributed by atoms with E-state index in [1.807, 2.05) is 6.92 Å². The van der Waals surface area contributed by atoms with Crippen molar-refractivity contribution >= 4 is 17.6 Å². The Kier molecular flexibility index (Phi) is 8.21. The molecule has 0 aliphatic rings. The summed E-state index contributed by atoms with van der Waals surface area (Å²) in [6, 6.07) is 5.30. The molecule has 118 valence electrons. The average molecular weight is 313 g/mol. The van der Waals surface area contributed by atoms with Crippen LogP contribution in [0.5, 0.6) is 5.75 Å². The smallest absolute Gasteiger partial charge is 0.344 e. The summed E-state index contributed by atoms with van der Waals surface area (Å²) < 4.78 is 10.6. The van der Waals surface area contributed by atoms with E-state index in [2.05, 4.69) is 13.8 Å². The van der Waals surface area contributed by atoms with E-state index in [1.165, 1.54) is 12.8 Å². The average Bonchev–Trinajstić information content (AvgIpc) is 2.41. The molecule has 4 heteroatoms. The molecule has 0 radical (unpaired) electrons. The summed E-state index contributed by atoms with van der Waals surface area (Å²) in [5, 5.41) is 0.656. The van der Waals surface area contributed by atoms with Gasteiger partial charge in [-0.2, -0.15) is 0 Å². The van der Waals surface area contributed by atoms with E-state index < -0.39 is 0 Å². The molecule has 0 spiro atoms. The fraction of sp³-hybridized carbons (Fsp3) is 0.588. The van der Waals surface area contributed by atoms with Gasteiger partial charge < -0.3 is 9.47 Å². The topological polar surface area (TPSA) is 35.5 Å². The second-order valence-corrected chi connectivity index (χ2v) is 6.10. The van der Waals surface area contributed by atoms with Crippen LogP contribution in [0.2, 0.25) is 5.02 Å². The van der Waals surface area contributed by atoms with Crippen LogP contribution < -0.4 is 4.74 Å². The van der Waals surface area contributed by atoms with Crippen LogP contribution in [0.25, 0.3) is 0 Å². The second-order valence-electron chi connectivity index (χ2n) is 5.66. The van der Waals surface area contributed by atoms with E-state index in [9.17, 15) is 4.79 Å². The van der Waals surface area contributed by atoms with Crippen molar-refractivity contribution in [2.75, 3.05) is 13.2 Å². The maximum Gasteiger partial charge on any atom is 0.344 e. The van der Waals surface area contributed by atoms with Crippen molar-refractivity contribution in [2.24, 2.45) is 5.92 Å². The Morgan fingerprint density at radius 3 is 2.67 bits per heavy atom. The molecular formula is C17H25ClO3. The first kappa shape index (κ1) is 17.8. The largest absolute Gasteiger partial charge is 0.482 e. The highest BCUT2D eigenvalue weighted by Crippen LogP contribution is 2.21. The quantitative estimate of drug-likeness (QED) is 0.486. The van der Waals surface area contributed by atoms with Gasteiger partial charge in [0.1, 0.15) is 5.75 Å². The van der Waals surface area contributed by atoms with E-state index in [0.717, 1.165) is 24.3 Å².